The molecule has 4 N–H and O–H groups in total. The van der Waals surface area contributed by atoms with Crippen LogP contribution in [0.15, 0.2) is 22.7 Å². The van der Waals surface area contributed by atoms with Gasteiger partial charge in [-0.25, -0.2) is 4.98 Å². The highest BCUT2D eigenvalue weighted by atomic mass is 79.9. The number of ether oxygens (including phenoxy) is 1. The lowest BCUT2D eigenvalue weighted by atomic mass is 10.1. The van der Waals surface area contributed by atoms with Crippen LogP contribution in [0.4, 0.5) is 11.8 Å². The molecule has 0 radical (unpaired) electrons. The van der Waals surface area contributed by atoms with Crippen LogP contribution in [0.2, 0.25) is 0 Å². The second-order valence-electron chi connectivity index (χ2n) is 3.88. The largest absolute Gasteiger partial charge is 0.493 e. The molecule has 0 aliphatic rings. The minimum atomic E-state index is 0.0129. The van der Waals surface area contributed by atoms with Gasteiger partial charge in [-0.15, -0.1) is 0 Å². The first kappa shape index (κ1) is 14.1. The van der Waals surface area contributed by atoms with Crippen LogP contribution in [-0.4, -0.2) is 16.6 Å². The Morgan fingerprint density at radius 2 is 2.10 bits per heavy atom. The molecular weight excluding hydrogens is 322 g/mol. The van der Waals surface area contributed by atoms with Gasteiger partial charge in [0.15, 0.2) is 0 Å². The van der Waals surface area contributed by atoms with E-state index in [1.54, 1.807) is 12.1 Å². The van der Waals surface area contributed by atoms with Crippen molar-refractivity contribution in [2.45, 2.75) is 6.92 Å². The van der Waals surface area contributed by atoms with E-state index in [4.69, 9.17) is 16.2 Å². The van der Waals surface area contributed by atoms with Gasteiger partial charge in [0, 0.05) is 10.0 Å². The molecule has 2 aromatic rings. The van der Waals surface area contributed by atoms with Crippen LogP contribution in [0.25, 0.3) is 11.3 Å². The van der Waals surface area contributed by atoms with Gasteiger partial charge in [-0.2, -0.15) is 10.2 Å². The van der Waals surface area contributed by atoms with E-state index >= 15 is 0 Å². The van der Waals surface area contributed by atoms with E-state index in [1.165, 1.54) is 0 Å². The molecule has 0 unspecified atom stereocenters. The smallest absolute Gasteiger partial charge is 0.222 e. The normalized spacial score (nSPS) is 10.1. The summed E-state index contributed by atoms with van der Waals surface area (Å²) in [6.07, 6.45) is 0. The average Bonchev–Trinajstić information content (AvgIpc) is 2.40. The SMILES string of the molecule is CCOc1ccc(Br)cc1-c1nc(N)nc(N)c1C#N. The number of nitrogens with zero attached hydrogens (tertiary/aromatic N) is 3. The van der Waals surface area contributed by atoms with Crippen molar-refractivity contribution >= 4 is 27.7 Å². The zero-order chi connectivity index (χ0) is 14.7. The van der Waals surface area contributed by atoms with Crippen LogP contribution in [0.1, 0.15) is 12.5 Å². The zero-order valence-corrected chi connectivity index (χ0v) is 12.3. The minimum Gasteiger partial charge on any atom is -0.493 e. The lowest BCUT2D eigenvalue weighted by molar-refractivity contribution is 0.341. The average molecular weight is 334 g/mol. The summed E-state index contributed by atoms with van der Waals surface area (Å²) in [7, 11) is 0. The number of hydrogen-bond donors (Lipinski definition) is 2. The highest BCUT2D eigenvalue weighted by Crippen LogP contribution is 2.35. The molecule has 1 aromatic carbocycles. The lowest BCUT2D eigenvalue weighted by Crippen LogP contribution is -2.06. The Balaban J connectivity index is 2.74. The Morgan fingerprint density at radius 3 is 2.75 bits per heavy atom. The van der Waals surface area contributed by atoms with E-state index in [2.05, 4.69) is 25.9 Å². The minimum absolute atomic E-state index is 0.0129. The fraction of sp³-hybridized carbons (Fsp3) is 0.154. The topological polar surface area (TPSA) is 111 Å². The molecular formula is C13H12BrN5O. The molecule has 0 atom stereocenters. The van der Waals surface area contributed by atoms with Gasteiger partial charge in [0.2, 0.25) is 5.95 Å². The fourth-order valence-electron chi connectivity index (χ4n) is 1.77. The number of aromatic nitrogens is 2. The third-order valence-corrected chi connectivity index (χ3v) is 3.06. The lowest BCUT2D eigenvalue weighted by Gasteiger charge is -2.12. The fourth-order valence-corrected chi connectivity index (χ4v) is 2.13. The number of nitriles is 1. The van der Waals surface area contributed by atoms with Gasteiger partial charge >= 0.3 is 0 Å². The highest BCUT2D eigenvalue weighted by Gasteiger charge is 2.17. The van der Waals surface area contributed by atoms with Crippen LogP contribution in [-0.2, 0) is 0 Å². The summed E-state index contributed by atoms with van der Waals surface area (Å²) in [6.45, 7) is 2.37. The standard InChI is InChI=1S/C13H12BrN5O/c1-2-20-10-4-3-7(14)5-8(10)11-9(6-15)12(16)19-13(17)18-11/h3-5H,2H2,1H3,(H4,16,17,18,19). The predicted octanol–water partition coefficient (Wildman–Crippen LogP) is 2.34. The summed E-state index contributed by atoms with van der Waals surface area (Å²) in [5.74, 6) is 0.668. The summed E-state index contributed by atoms with van der Waals surface area (Å²) >= 11 is 3.38. The van der Waals surface area contributed by atoms with E-state index in [1.807, 2.05) is 19.1 Å². The number of benzene rings is 1. The molecule has 0 aliphatic heterocycles. The van der Waals surface area contributed by atoms with Crippen LogP contribution < -0.4 is 16.2 Å². The van der Waals surface area contributed by atoms with E-state index in [0.29, 0.717) is 23.6 Å². The van der Waals surface area contributed by atoms with Crippen LogP contribution in [0.3, 0.4) is 0 Å². The number of nitrogen functional groups attached to an aromatic ring is 2. The molecule has 6 nitrogen and oxygen atoms in total. The van der Waals surface area contributed by atoms with E-state index in [-0.39, 0.29) is 17.3 Å². The van der Waals surface area contributed by atoms with Gasteiger partial charge in [0.05, 0.1) is 12.3 Å². The van der Waals surface area contributed by atoms with Crippen molar-refractivity contribution in [1.82, 2.24) is 9.97 Å². The Morgan fingerprint density at radius 1 is 1.35 bits per heavy atom. The zero-order valence-electron chi connectivity index (χ0n) is 10.7. The van der Waals surface area contributed by atoms with Crippen molar-refractivity contribution in [3.8, 4) is 23.1 Å². The second kappa shape index (κ2) is 5.75. The molecule has 1 heterocycles. The quantitative estimate of drug-likeness (QED) is 0.891. The van der Waals surface area contributed by atoms with Gasteiger partial charge < -0.3 is 16.2 Å². The molecule has 0 amide bonds. The van der Waals surface area contributed by atoms with Crippen molar-refractivity contribution in [1.29, 1.82) is 5.26 Å². The van der Waals surface area contributed by atoms with Gasteiger partial charge in [-0.1, -0.05) is 15.9 Å². The third kappa shape index (κ3) is 2.65. The first-order chi connectivity index (χ1) is 9.56. The Labute approximate surface area is 124 Å². The monoisotopic (exact) mass is 333 g/mol. The van der Waals surface area contributed by atoms with Crippen molar-refractivity contribution in [3.63, 3.8) is 0 Å². The molecule has 0 spiro atoms. The maximum absolute atomic E-state index is 9.24. The number of rotatable bonds is 3. The van der Waals surface area contributed by atoms with Crippen molar-refractivity contribution in [2.24, 2.45) is 0 Å². The van der Waals surface area contributed by atoms with Crippen LogP contribution in [0.5, 0.6) is 5.75 Å². The summed E-state index contributed by atoms with van der Waals surface area (Å²) < 4.78 is 6.38. The Bertz CT molecular complexity index is 696. The Kier molecular flexibility index (Phi) is 4.05. The molecule has 102 valence electrons. The number of anilines is 2. The number of halogens is 1. The second-order valence-corrected chi connectivity index (χ2v) is 4.79. The molecule has 0 saturated heterocycles. The molecule has 0 saturated carbocycles. The molecule has 0 aliphatic carbocycles. The van der Waals surface area contributed by atoms with E-state index < -0.39 is 0 Å². The maximum Gasteiger partial charge on any atom is 0.222 e. The van der Waals surface area contributed by atoms with Crippen molar-refractivity contribution in [3.05, 3.63) is 28.2 Å². The predicted molar refractivity (Wildman–Crippen MR) is 79.9 cm³/mol. The maximum atomic E-state index is 9.24. The number of hydrogen-bond acceptors (Lipinski definition) is 6. The van der Waals surface area contributed by atoms with E-state index in [9.17, 15) is 5.26 Å². The van der Waals surface area contributed by atoms with Crippen molar-refractivity contribution in [2.75, 3.05) is 18.1 Å². The third-order valence-electron chi connectivity index (χ3n) is 2.56. The molecule has 1 aromatic heterocycles. The van der Waals surface area contributed by atoms with Crippen LogP contribution in [0, 0.1) is 11.3 Å². The summed E-state index contributed by atoms with van der Waals surface area (Å²) in [5, 5.41) is 9.24. The summed E-state index contributed by atoms with van der Waals surface area (Å²) in [4.78, 5) is 7.92. The number of nitrogens with two attached hydrogens (primary N) is 2. The van der Waals surface area contributed by atoms with E-state index in [0.717, 1.165) is 4.47 Å². The Hall–Kier alpha value is -2.33. The molecule has 20 heavy (non-hydrogen) atoms. The van der Waals surface area contributed by atoms with Gasteiger partial charge in [0.1, 0.15) is 23.2 Å². The summed E-state index contributed by atoms with van der Waals surface area (Å²) in [6, 6.07) is 7.43. The van der Waals surface area contributed by atoms with Gasteiger partial charge in [-0.3, -0.25) is 0 Å². The highest BCUT2D eigenvalue weighted by molar-refractivity contribution is 9.10. The van der Waals surface area contributed by atoms with Gasteiger partial charge in [0.25, 0.3) is 0 Å². The molecule has 2 rings (SSSR count). The molecule has 0 bridgehead atoms. The molecule has 0 fully saturated rings. The van der Waals surface area contributed by atoms with Crippen molar-refractivity contribution < 1.29 is 4.74 Å². The summed E-state index contributed by atoms with van der Waals surface area (Å²) in [5.41, 5.74) is 12.5. The van der Waals surface area contributed by atoms with Crippen LogP contribution >= 0.6 is 15.9 Å². The van der Waals surface area contributed by atoms with Gasteiger partial charge in [-0.05, 0) is 25.1 Å². The first-order valence-corrected chi connectivity index (χ1v) is 6.62. The first-order valence-electron chi connectivity index (χ1n) is 5.82. The molecule has 7 heteroatoms.